The molecule has 2 aliphatic rings. The van der Waals surface area contributed by atoms with Crippen molar-refractivity contribution in [1.29, 1.82) is 0 Å². The molecule has 1 aromatic rings. The SMILES string of the molecule is O=C(COC(=O)c1ccccc1S(=O)(=O)N1CCCCC1)NC1CCCC1. The Hall–Kier alpha value is -1.93. The third-order valence-electron chi connectivity index (χ3n) is 5.09. The van der Waals surface area contributed by atoms with E-state index in [0.717, 1.165) is 44.9 Å². The molecule has 0 spiro atoms. The molecule has 1 saturated carbocycles. The van der Waals surface area contributed by atoms with Crippen LogP contribution in [-0.4, -0.2) is 50.3 Å². The highest BCUT2D eigenvalue weighted by molar-refractivity contribution is 7.89. The van der Waals surface area contributed by atoms with Crippen LogP contribution in [0.25, 0.3) is 0 Å². The maximum absolute atomic E-state index is 12.9. The molecule has 0 aromatic heterocycles. The number of ether oxygens (including phenoxy) is 1. The number of nitrogens with zero attached hydrogens (tertiary/aromatic N) is 1. The van der Waals surface area contributed by atoms with Crippen molar-refractivity contribution in [3.05, 3.63) is 29.8 Å². The fourth-order valence-electron chi connectivity index (χ4n) is 3.65. The van der Waals surface area contributed by atoms with Crippen molar-refractivity contribution < 1.29 is 22.7 Å². The van der Waals surface area contributed by atoms with Gasteiger partial charge in [-0.15, -0.1) is 0 Å². The fraction of sp³-hybridized carbons (Fsp3) is 0.579. The predicted molar refractivity (Wildman–Crippen MR) is 99.7 cm³/mol. The van der Waals surface area contributed by atoms with Crippen LogP contribution in [0.3, 0.4) is 0 Å². The van der Waals surface area contributed by atoms with E-state index in [1.807, 2.05) is 0 Å². The summed E-state index contributed by atoms with van der Waals surface area (Å²) in [6.45, 7) is 0.498. The van der Waals surface area contributed by atoms with Gasteiger partial charge in [-0.2, -0.15) is 4.31 Å². The number of carbonyl (C=O) groups is 2. The number of hydrogen-bond acceptors (Lipinski definition) is 5. The zero-order chi connectivity index (χ0) is 19.3. The van der Waals surface area contributed by atoms with Gasteiger partial charge < -0.3 is 10.1 Å². The van der Waals surface area contributed by atoms with E-state index in [-0.39, 0.29) is 22.4 Å². The molecule has 2 fully saturated rings. The molecular formula is C19H26N2O5S. The van der Waals surface area contributed by atoms with Crippen molar-refractivity contribution in [2.45, 2.75) is 55.9 Å². The first-order valence-electron chi connectivity index (χ1n) is 9.54. The van der Waals surface area contributed by atoms with Gasteiger partial charge in [0.1, 0.15) is 0 Å². The fourth-order valence-corrected chi connectivity index (χ4v) is 5.35. The van der Waals surface area contributed by atoms with Gasteiger partial charge in [-0.25, -0.2) is 13.2 Å². The molecule has 8 heteroatoms. The molecule has 0 unspecified atom stereocenters. The first-order chi connectivity index (χ1) is 13.0. The van der Waals surface area contributed by atoms with Crippen LogP contribution in [0.5, 0.6) is 0 Å². The summed E-state index contributed by atoms with van der Waals surface area (Å²) in [5, 5.41) is 2.84. The van der Waals surface area contributed by atoms with Gasteiger partial charge in [-0.1, -0.05) is 31.4 Å². The van der Waals surface area contributed by atoms with E-state index < -0.39 is 22.6 Å². The van der Waals surface area contributed by atoms with Crippen LogP contribution in [0.4, 0.5) is 0 Å². The molecule has 1 saturated heterocycles. The zero-order valence-electron chi connectivity index (χ0n) is 15.4. The second-order valence-electron chi connectivity index (χ2n) is 7.09. The second-order valence-corrected chi connectivity index (χ2v) is 8.99. The number of esters is 1. The van der Waals surface area contributed by atoms with Crippen molar-refractivity contribution in [2.75, 3.05) is 19.7 Å². The first kappa shape index (κ1) is 19.8. The van der Waals surface area contributed by atoms with E-state index in [9.17, 15) is 18.0 Å². The quantitative estimate of drug-likeness (QED) is 0.746. The average molecular weight is 394 g/mol. The molecule has 27 heavy (non-hydrogen) atoms. The van der Waals surface area contributed by atoms with Crippen LogP contribution < -0.4 is 5.32 Å². The number of benzene rings is 1. The smallest absolute Gasteiger partial charge is 0.340 e. The van der Waals surface area contributed by atoms with Crippen LogP contribution in [0.15, 0.2) is 29.2 Å². The molecule has 0 atom stereocenters. The lowest BCUT2D eigenvalue weighted by atomic mass is 10.2. The number of piperidine rings is 1. The Kier molecular flexibility index (Phi) is 6.49. The molecule has 1 heterocycles. The minimum absolute atomic E-state index is 0.0308. The summed E-state index contributed by atoms with van der Waals surface area (Å²) in [4.78, 5) is 24.3. The summed E-state index contributed by atoms with van der Waals surface area (Å²) in [5.74, 6) is -1.15. The molecule has 1 amide bonds. The Balaban J connectivity index is 1.67. The lowest BCUT2D eigenvalue weighted by Gasteiger charge is -2.26. The average Bonchev–Trinajstić information content (AvgIpc) is 3.19. The van der Waals surface area contributed by atoms with Gasteiger partial charge in [0.25, 0.3) is 5.91 Å². The Labute approximate surface area is 160 Å². The van der Waals surface area contributed by atoms with Crippen LogP contribution in [-0.2, 0) is 19.6 Å². The van der Waals surface area contributed by atoms with Gasteiger partial charge >= 0.3 is 5.97 Å². The van der Waals surface area contributed by atoms with Crippen molar-refractivity contribution in [3.63, 3.8) is 0 Å². The number of amides is 1. The lowest BCUT2D eigenvalue weighted by Crippen LogP contribution is -2.37. The van der Waals surface area contributed by atoms with Crippen LogP contribution in [0.1, 0.15) is 55.3 Å². The number of rotatable bonds is 6. The van der Waals surface area contributed by atoms with Gasteiger partial charge in [-0.05, 0) is 37.8 Å². The van der Waals surface area contributed by atoms with Crippen LogP contribution >= 0.6 is 0 Å². The summed E-state index contributed by atoms with van der Waals surface area (Å²) in [5.41, 5.74) is -0.0308. The highest BCUT2D eigenvalue weighted by Crippen LogP contribution is 2.24. The Morgan fingerprint density at radius 3 is 2.41 bits per heavy atom. The molecule has 0 radical (unpaired) electrons. The summed E-state index contributed by atoms with van der Waals surface area (Å²) in [7, 11) is -3.76. The molecular weight excluding hydrogens is 368 g/mol. The first-order valence-corrected chi connectivity index (χ1v) is 11.0. The van der Waals surface area contributed by atoms with Crippen molar-refractivity contribution in [3.8, 4) is 0 Å². The number of sulfonamides is 1. The molecule has 148 valence electrons. The molecule has 0 bridgehead atoms. The normalized spacial score (nSPS) is 19.0. The molecule has 7 nitrogen and oxygen atoms in total. The zero-order valence-corrected chi connectivity index (χ0v) is 16.2. The molecule has 3 rings (SSSR count). The number of hydrogen-bond donors (Lipinski definition) is 1. The molecule has 1 aliphatic heterocycles. The highest BCUT2D eigenvalue weighted by atomic mass is 32.2. The third-order valence-corrected chi connectivity index (χ3v) is 7.05. The number of carbonyl (C=O) groups excluding carboxylic acids is 2. The van der Waals surface area contributed by atoms with Gasteiger partial charge in [-0.3, -0.25) is 4.79 Å². The monoisotopic (exact) mass is 394 g/mol. The Bertz CT molecular complexity index is 781. The predicted octanol–water partition coefficient (Wildman–Crippen LogP) is 2.08. The van der Waals surface area contributed by atoms with E-state index in [1.165, 1.54) is 16.4 Å². The molecule has 1 aromatic carbocycles. The Morgan fingerprint density at radius 1 is 1.04 bits per heavy atom. The Morgan fingerprint density at radius 2 is 1.70 bits per heavy atom. The van der Waals surface area contributed by atoms with Crippen LogP contribution in [0, 0.1) is 0 Å². The lowest BCUT2D eigenvalue weighted by molar-refractivity contribution is -0.124. The van der Waals surface area contributed by atoms with Gasteiger partial charge in [0, 0.05) is 19.1 Å². The summed E-state index contributed by atoms with van der Waals surface area (Å²) < 4.78 is 32.3. The third kappa shape index (κ3) is 4.87. The van der Waals surface area contributed by atoms with Crippen molar-refractivity contribution in [1.82, 2.24) is 9.62 Å². The van der Waals surface area contributed by atoms with E-state index >= 15 is 0 Å². The summed E-state index contributed by atoms with van der Waals surface area (Å²) in [6.07, 6.45) is 6.69. The summed E-state index contributed by atoms with van der Waals surface area (Å²) in [6, 6.07) is 6.15. The number of nitrogens with one attached hydrogen (secondary N) is 1. The van der Waals surface area contributed by atoms with Crippen molar-refractivity contribution >= 4 is 21.9 Å². The standard InChI is InChI=1S/C19H26N2O5S/c22-18(20-15-8-2-3-9-15)14-26-19(23)16-10-4-5-11-17(16)27(24,25)21-12-6-1-7-13-21/h4-5,10-11,15H,1-3,6-9,12-14H2,(H,20,22). The minimum Gasteiger partial charge on any atom is -0.452 e. The second kappa shape index (κ2) is 8.84. The van der Waals surface area contributed by atoms with Gasteiger partial charge in [0.15, 0.2) is 6.61 Å². The minimum atomic E-state index is -3.76. The van der Waals surface area contributed by atoms with E-state index in [4.69, 9.17) is 4.74 Å². The maximum Gasteiger partial charge on any atom is 0.340 e. The van der Waals surface area contributed by atoms with E-state index in [2.05, 4.69) is 5.32 Å². The molecule has 1 N–H and O–H groups in total. The largest absolute Gasteiger partial charge is 0.452 e. The molecule has 1 aliphatic carbocycles. The summed E-state index contributed by atoms with van der Waals surface area (Å²) >= 11 is 0. The van der Waals surface area contributed by atoms with Gasteiger partial charge in [0.05, 0.1) is 10.5 Å². The van der Waals surface area contributed by atoms with E-state index in [1.54, 1.807) is 12.1 Å². The maximum atomic E-state index is 12.9. The van der Waals surface area contributed by atoms with Crippen molar-refractivity contribution in [2.24, 2.45) is 0 Å². The topological polar surface area (TPSA) is 92.8 Å². The highest BCUT2D eigenvalue weighted by Gasteiger charge is 2.30. The van der Waals surface area contributed by atoms with Gasteiger partial charge in [0.2, 0.25) is 10.0 Å². The van der Waals surface area contributed by atoms with Crippen LogP contribution in [0.2, 0.25) is 0 Å². The van der Waals surface area contributed by atoms with E-state index in [0.29, 0.717) is 13.1 Å².